The number of hydrazone groups is 1. The van der Waals surface area contributed by atoms with Gasteiger partial charge in [-0.2, -0.15) is 12.6 Å². The van der Waals surface area contributed by atoms with E-state index >= 15 is 0 Å². The minimum atomic E-state index is -4.18. The van der Waals surface area contributed by atoms with Gasteiger partial charge in [0.1, 0.15) is 28.2 Å². The molecule has 5 rings (SSSR count). The third-order valence-electron chi connectivity index (χ3n) is 7.53. The van der Waals surface area contributed by atoms with Crippen molar-refractivity contribution in [2.45, 2.75) is 30.6 Å². The molecule has 1 aromatic heterocycles. The summed E-state index contributed by atoms with van der Waals surface area (Å²) >= 11 is 1.25. The normalized spacial score (nSPS) is 15.4. The van der Waals surface area contributed by atoms with Gasteiger partial charge in [-0.05, 0) is 49.2 Å². The molecular weight excluding hydrogens is 709 g/mol. The Morgan fingerprint density at radius 2 is 1.47 bits per heavy atom. The van der Waals surface area contributed by atoms with E-state index in [1.165, 1.54) is 85.6 Å². The van der Waals surface area contributed by atoms with Crippen LogP contribution in [0.15, 0.2) is 67.7 Å². The molecule has 0 fully saturated rings. The predicted octanol–water partition coefficient (Wildman–Crippen LogP) is 5.37. The van der Waals surface area contributed by atoms with Crippen molar-refractivity contribution in [2.75, 3.05) is 55.0 Å². The van der Waals surface area contributed by atoms with Crippen LogP contribution < -0.4 is 44.0 Å². The van der Waals surface area contributed by atoms with Crippen molar-refractivity contribution in [2.24, 2.45) is 5.10 Å². The first-order valence-corrected chi connectivity index (χ1v) is 17.8. The lowest BCUT2D eigenvalue weighted by Gasteiger charge is -2.22. The van der Waals surface area contributed by atoms with Gasteiger partial charge in [0.15, 0.2) is 17.3 Å². The van der Waals surface area contributed by atoms with Crippen LogP contribution >= 0.6 is 11.8 Å². The molecule has 2 heterocycles. The summed E-state index contributed by atoms with van der Waals surface area (Å²) in [6.07, 6.45) is 1.15. The third kappa shape index (κ3) is 8.16. The van der Waals surface area contributed by atoms with Gasteiger partial charge in [0.05, 0.1) is 54.2 Å². The smallest absolute Gasteiger partial charge is 0.321 e. The number of nitrogens with zero attached hydrogens (tertiary/aromatic N) is 1. The van der Waals surface area contributed by atoms with Gasteiger partial charge in [-0.25, -0.2) is 5.43 Å². The van der Waals surface area contributed by atoms with Crippen molar-refractivity contribution < 1.29 is 54.9 Å². The molecule has 0 saturated heterocycles. The summed E-state index contributed by atoms with van der Waals surface area (Å²) in [5.74, 6) is 1.17. The molecule has 0 spiro atoms. The fraction of sp³-hybridized carbons (Fsp3) is 0.353. The van der Waals surface area contributed by atoms with Gasteiger partial charge in [-0.1, -0.05) is 11.8 Å². The first kappa shape index (κ1) is 37.3. The van der Waals surface area contributed by atoms with Gasteiger partial charge >= 0.3 is 16.0 Å². The van der Waals surface area contributed by atoms with Gasteiger partial charge < -0.3 is 42.3 Å². The van der Waals surface area contributed by atoms with Crippen LogP contribution in [0.2, 0.25) is 0 Å². The highest BCUT2D eigenvalue weighted by atomic mass is 32.2. The highest BCUT2D eigenvalue weighted by Gasteiger charge is 2.40. The maximum absolute atomic E-state index is 14.0. The zero-order valence-electron chi connectivity index (χ0n) is 29.0. The summed E-state index contributed by atoms with van der Waals surface area (Å²) in [5.41, 5.74) is 2.81. The number of ether oxygens (including phenoxy) is 8. The zero-order valence-corrected chi connectivity index (χ0v) is 30.7. The Hall–Kier alpha value is -5.00. The zero-order chi connectivity index (χ0) is 36.8. The SMILES string of the molecule is COc1ccc(S(=O)(=O)OC2(C)NN=C(SCCCCOc3c(-c4cc(OC)c(OC)c(OC)c4)oc4cc(OC)cc(OC)c4c3=O)O2)cc1. The maximum atomic E-state index is 14.0. The number of hydrogen-bond acceptors (Lipinski definition) is 16. The fourth-order valence-corrected chi connectivity index (χ4v) is 6.96. The first-order chi connectivity index (χ1) is 24.5. The quantitative estimate of drug-likeness (QED) is 0.114. The Morgan fingerprint density at radius 3 is 2.08 bits per heavy atom. The average molecular weight is 747 g/mol. The molecule has 51 heavy (non-hydrogen) atoms. The van der Waals surface area contributed by atoms with E-state index in [2.05, 4.69) is 10.5 Å². The lowest BCUT2D eigenvalue weighted by Crippen LogP contribution is -2.42. The minimum absolute atomic E-state index is 0.0356. The van der Waals surface area contributed by atoms with E-state index in [1.54, 1.807) is 24.3 Å². The molecule has 0 saturated carbocycles. The summed E-state index contributed by atoms with van der Waals surface area (Å²) in [5, 5.41) is 4.46. The van der Waals surface area contributed by atoms with Gasteiger partial charge in [-0.3, -0.25) is 4.79 Å². The van der Waals surface area contributed by atoms with Crippen molar-refractivity contribution >= 4 is 38.1 Å². The van der Waals surface area contributed by atoms with Crippen molar-refractivity contribution in [1.29, 1.82) is 0 Å². The fourth-order valence-electron chi connectivity index (χ4n) is 5.05. The Balaban J connectivity index is 1.27. The molecule has 1 atom stereocenters. The monoisotopic (exact) mass is 746 g/mol. The molecular formula is C34H38N2O13S2. The summed E-state index contributed by atoms with van der Waals surface area (Å²) < 4.78 is 81.5. The number of hydrogen-bond donors (Lipinski definition) is 1. The van der Waals surface area contributed by atoms with Crippen molar-refractivity contribution in [3.05, 3.63) is 58.8 Å². The van der Waals surface area contributed by atoms with Crippen LogP contribution in [0, 0.1) is 0 Å². The predicted molar refractivity (Wildman–Crippen MR) is 189 cm³/mol. The molecule has 1 aliphatic rings. The van der Waals surface area contributed by atoms with Crippen LogP contribution in [-0.2, 0) is 19.0 Å². The molecule has 3 aromatic carbocycles. The number of thioether (sulfide) groups is 1. The number of fused-ring (bicyclic) bond motifs is 1. The molecule has 1 unspecified atom stereocenters. The standard InChI is InChI=1S/C34H38N2O13S2/c1-34(49-51(38,39)23-12-10-21(40-2)11-13-23)36-35-33(48-34)50-15-9-8-14-46-32-29(37)28-24(42-4)18-22(41-3)19-25(28)47-30(32)20-16-26(43-5)31(45-7)27(17-20)44-6/h10-13,16-19,36H,8-9,14-15H2,1-7H3. The molecule has 0 amide bonds. The molecule has 1 aliphatic heterocycles. The van der Waals surface area contributed by atoms with E-state index < -0.39 is 21.5 Å². The van der Waals surface area contributed by atoms with Crippen LogP contribution in [0.1, 0.15) is 19.8 Å². The summed E-state index contributed by atoms with van der Waals surface area (Å²) in [6.45, 7) is 1.56. The van der Waals surface area contributed by atoms with E-state index in [0.29, 0.717) is 52.9 Å². The topological polar surface area (TPSA) is 172 Å². The van der Waals surface area contributed by atoms with Gasteiger partial charge in [-0.15, -0.1) is 5.10 Å². The highest BCUT2D eigenvalue weighted by Crippen LogP contribution is 2.44. The third-order valence-corrected chi connectivity index (χ3v) is 9.83. The van der Waals surface area contributed by atoms with Crippen LogP contribution in [0.25, 0.3) is 22.3 Å². The second kappa shape index (κ2) is 15.9. The highest BCUT2D eigenvalue weighted by molar-refractivity contribution is 8.13. The Labute approximate surface area is 298 Å². The molecule has 0 bridgehead atoms. The molecule has 4 aromatic rings. The van der Waals surface area contributed by atoms with E-state index in [1.807, 2.05) is 0 Å². The summed E-state index contributed by atoms with van der Waals surface area (Å²) in [6, 6.07) is 12.3. The molecule has 1 N–H and O–H groups in total. The average Bonchev–Trinajstić information content (AvgIpc) is 3.51. The number of benzene rings is 3. The van der Waals surface area contributed by atoms with Crippen molar-refractivity contribution in [1.82, 2.24) is 5.43 Å². The molecule has 0 aliphatic carbocycles. The van der Waals surface area contributed by atoms with Gasteiger partial charge in [0.2, 0.25) is 16.9 Å². The minimum Gasteiger partial charge on any atom is -0.497 e. The van der Waals surface area contributed by atoms with Crippen LogP contribution in [0.3, 0.4) is 0 Å². The van der Waals surface area contributed by atoms with Crippen LogP contribution in [-0.4, -0.2) is 74.6 Å². The van der Waals surface area contributed by atoms with E-state index in [9.17, 15) is 13.2 Å². The lowest BCUT2D eigenvalue weighted by atomic mass is 10.1. The molecule has 15 nitrogen and oxygen atoms in total. The maximum Gasteiger partial charge on any atom is 0.321 e. The molecule has 274 valence electrons. The van der Waals surface area contributed by atoms with Crippen LogP contribution in [0.4, 0.5) is 0 Å². The van der Waals surface area contributed by atoms with E-state index in [-0.39, 0.29) is 45.0 Å². The number of nitrogens with one attached hydrogen (secondary N) is 1. The second-order valence-corrected chi connectivity index (χ2v) is 13.5. The summed E-state index contributed by atoms with van der Waals surface area (Å²) in [4.78, 5) is 13.9. The summed E-state index contributed by atoms with van der Waals surface area (Å²) in [7, 11) is 4.71. The Kier molecular flexibility index (Phi) is 11.6. The molecule has 0 radical (unpaired) electrons. The van der Waals surface area contributed by atoms with E-state index in [0.717, 1.165) is 0 Å². The van der Waals surface area contributed by atoms with Gasteiger partial charge in [0.25, 0.3) is 5.23 Å². The Bertz CT molecular complexity index is 2040. The first-order valence-electron chi connectivity index (χ1n) is 15.4. The van der Waals surface area contributed by atoms with E-state index in [4.69, 9.17) is 46.5 Å². The van der Waals surface area contributed by atoms with Crippen molar-refractivity contribution in [3.63, 3.8) is 0 Å². The largest absolute Gasteiger partial charge is 0.497 e. The number of methoxy groups -OCH3 is 6. The second-order valence-electron chi connectivity index (χ2n) is 10.9. The Morgan fingerprint density at radius 1 is 0.804 bits per heavy atom. The van der Waals surface area contributed by atoms with Crippen molar-refractivity contribution in [3.8, 4) is 51.6 Å². The van der Waals surface area contributed by atoms with Gasteiger partial charge in [0, 0.05) is 30.4 Å². The lowest BCUT2D eigenvalue weighted by molar-refractivity contribution is -0.109. The van der Waals surface area contributed by atoms with Crippen LogP contribution in [0.5, 0.6) is 40.2 Å². The number of rotatable bonds is 16. The molecule has 17 heteroatoms. The number of unbranched alkanes of at least 4 members (excludes halogenated alkanes) is 1.